The van der Waals surface area contributed by atoms with E-state index in [-0.39, 0.29) is 16.8 Å². The van der Waals surface area contributed by atoms with Gasteiger partial charge in [0.15, 0.2) is 0 Å². The number of nitrogens with zero attached hydrogens (tertiary/aromatic N) is 2. The molecule has 0 aliphatic heterocycles. The molecule has 0 aromatic carbocycles. The zero-order chi connectivity index (χ0) is 18.6. The minimum Gasteiger partial charge on any atom is -0.423 e. The molecule has 8 nitrogen and oxygen atoms in total. The normalized spacial score (nSPS) is 10.6. The summed E-state index contributed by atoms with van der Waals surface area (Å²) in [6, 6.07) is 4.34. The lowest BCUT2D eigenvalue weighted by atomic mass is 9.81. The van der Waals surface area contributed by atoms with Crippen molar-refractivity contribution in [3.05, 3.63) is 41.9 Å². The van der Waals surface area contributed by atoms with Gasteiger partial charge in [-0.25, -0.2) is 9.97 Å². The highest BCUT2D eigenvalue weighted by atomic mass is 16.4. The number of carbonyl (C=O) groups is 1. The average molecular weight is 340 g/mol. The van der Waals surface area contributed by atoms with Gasteiger partial charge in [0, 0.05) is 23.5 Å². The van der Waals surface area contributed by atoms with Crippen molar-refractivity contribution in [1.82, 2.24) is 9.97 Å². The molecule has 0 aliphatic carbocycles. The molecule has 0 spiro atoms. The summed E-state index contributed by atoms with van der Waals surface area (Å²) in [5.74, 6) is 4.72. The van der Waals surface area contributed by atoms with E-state index in [0.717, 1.165) is 0 Å². The molecule has 2 aromatic heterocycles. The first-order valence-electron chi connectivity index (χ1n) is 7.30. The van der Waals surface area contributed by atoms with E-state index in [1.165, 1.54) is 24.5 Å². The molecule has 0 aliphatic rings. The number of pyridine rings is 2. The Morgan fingerprint density at radius 1 is 1.32 bits per heavy atom. The zero-order valence-electron chi connectivity index (χ0n) is 13.7. The molecule has 0 fully saturated rings. The summed E-state index contributed by atoms with van der Waals surface area (Å²) in [6.07, 6.45) is 2.63. The van der Waals surface area contributed by atoms with Crippen molar-refractivity contribution in [3.63, 3.8) is 0 Å². The number of carbonyl (C=O) groups excluding carboxylic acids is 1. The summed E-state index contributed by atoms with van der Waals surface area (Å²) in [6.45, 7) is 3.09. The van der Waals surface area contributed by atoms with Crippen LogP contribution < -0.4 is 16.5 Å². The third-order valence-corrected chi connectivity index (χ3v) is 3.00. The van der Waals surface area contributed by atoms with Crippen LogP contribution in [-0.2, 0) is 0 Å². The molecule has 0 bridgehead atoms. The van der Waals surface area contributed by atoms with Gasteiger partial charge in [-0.05, 0) is 38.0 Å². The highest BCUT2D eigenvalue weighted by Crippen LogP contribution is 2.13. The Labute approximate surface area is 144 Å². The summed E-state index contributed by atoms with van der Waals surface area (Å²) in [5.41, 5.74) is 5.34. The maximum absolute atomic E-state index is 12.3. The molecule has 0 atom stereocenters. The molecule has 6 N–H and O–H groups in total. The third kappa shape index (κ3) is 5.29. The fourth-order valence-electron chi connectivity index (χ4n) is 1.81. The van der Waals surface area contributed by atoms with E-state index in [4.69, 9.17) is 5.73 Å². The summed E-state index contributed by atoms with van der Waals surface area (Å²) < 4.78 is 0. The van der Waals surface area contributed by atoms with Crippen molar-refractivity contribution in [1.29, 1.82) is 0 Å². The van der Waals surface area contributed by atoms with Gasteiger partial charge in [-0.1, -0.05) is 5.92 Å². The number of nitrogen functional groups attached to an aromatic ring is 1. The molecule has 2 rings (SSSR count). The van der Waals surface area contributed by atoms with E-state index < -0.39 is 18.6 Å². The van der Waals surface area contributed by atoms with Gasteiger partial charge in [0.05, 0.1) is 5.56 Å². The van der Waals surface area contributed by atoms with Crippen molar-refractivity contribution >= 4 is 30.0 Å². The largest absolute Gasteiger partial charge is 0.490 e. The molecule has 0 radical (unpaired) electrons. The monoisotopic (exact) mass is 340 g/mol. The number of aliphatic hydroxyl groups is 1. The Morgan fingerprint density at radius 2 is 2.04 bits per heavy atom. The Hall–Kier alpha value is -2.93. The molecule has 0 saturated carbocycles. The average Bonchev–Trinajstić information content (AvgIpc) is 2.52. The van der Waals surface area contributed by atoms with Gasteiger partial charge in [-0.15, -0.1) is 0 Å². The lowest BCUT2D eigenvalue weighted by Crippen LogP contribution is -2.32. The molecular weight excluding hydrogens is 323 g/mol. The molecule has 2 aromatic rings. The predicted octanol–water partition coefficient (Wildman–Crippen LogP) is -0.887. The molecular formula is C16H17BN4O4. The molecule has 2 heterocycles. The predicted molar refractivity (Wildman–Crippen MR) is 93.8 cm³/mol. The molecule has 0 unspecified atom stereocenters. The Bertz CT molecular complexity index is 853. The first kappa shape index (κ1) is 18.4. The number of amides is 1. The quantitative estimate of drug-likeness (QED) is 0.361. The van der Waals surface area contributed by atoms with Crippen molar-refractivity contribution in [2.45, 2.75) is 19.4 Å². The Balaban J connectivity index is 2.24. The number of nitrogens with one attached hydrogen (secondary N) is 1. The van der Waals surface area contributed by atoms with Crippen LogP contribution in [-0.4, -0.2) is 43.7 Å². The van der Waals surface area contributed by atoms with Gasteiger partial charge in [0.2, 0.25) is 0 Å². The first-order valence-corrected chi connectivity index (χ1v) is 7.30. The lowest BCUT2D eigenvalue weighted by molar-refractivity contribution is 0.102. The van der Waals surface area contributed by atoms with Crippen LogP contribution in [0.15, 0.2) is 30.6 Å². The maximum atomic E-state index is 12.3. The van der Waals surface area contributed by atoms with Crippen molar-refractivity contribution in [3.8, 4) is 11.8 Å². The summed E-state index contributed by atoms with van der Waals surface area (Å²) >= 11 is 0. The number of aromatic nitrogens is 2. The van der Waals surface area contributed by atoms with E-state index in [1.807, 2.05) is 0 Å². The second-order valence-electron chi connectivity index (χ2n) is 5.77. The lowest BCUT2D eigenvalue weighted by Gasteiger charge is -2.09. The number of rotatable bonds is 3. The van der Waals surface area contributed by atoms with E-state index in [1.54, 1.807) is 19.9 Å². The second kappa shape index (κ2) is 7.31. The van der Waals surface area contributed by atoms with Gasteiger partial charge < -0.3 is 26.2 Å². The van der Waals surface area contributed by atoms with E-state index in [2.05, 4.69) is 27.1 Å². The van der Waals surface area contributed by atoms with Gasteiger partial charge in [-0.3, -0.25) is 4.79 Å². The third-order valence-electron chi connectivity index (χ3n) is 3.00. The van der Waals surface area contributed by atoms with Crippen LogP contribution in [0.5, 0.6) is 0 Å². The van der Waals surface area contributed by atoms with Crippen LogP contribution in [0.2, 0.25) is 0 Å². The Kier molecular flexibility index (Phi) is 5.39. The van der Waals surface area contributed by atoms with Gasteiger partial charge in [-0.2, -0.15) is 0 Å². The van der Waals surface area contributed by atoms with Crippen molar-refractivity contribution < 1.29 is 19.9 Å². The van der Waals surface area contributed by atoms with E-state index in [0.29, 0.717) is 11.4 Å². The smallest absolute Gasteiger partial charge is 0.423 e. The fraction of sp³-hybridized carbons (Fsp3) is 0.188. The fourth-order valence-corrected chi connectivity index (χ4v) is 1.81. The highest BCUT2D eigenvalue weighted by Gasteiger charge is 2.18. The minimum atomic E-state index is -1.76. The number of hydrogen-bond acceptors (Lipinski definition) is 7. The van der Waals surface area contributed by atoms with Gasteiger partial charge >= 0.3 is 7.12 Å². The van der Waals surface area contributed by atoms with Crippen LogP contribution in [0.25, 0.3) is 0 Å². The SMILES string of the molecule is CC(C)(O)C#Cc1cc(NC(=O)c2cc(B(O)O)cnc2N)ccn1. The molecule has 1 amide bonds. The Morgan fingerprint density at radius 3 is 2.68 bits per heavy atom. The standard InChI is InChI=1S/C16H17BN4O4/c1-16(2,23)5-3-11-8-12(4-6-19-11)21-15(22)13-7-10(17(24)25)9-20-14(13)18/h4,6-9,23-25H,1-2H3,(H2,18,20)(H,19,21,22). The molecule has 0 saturated heterocycles. The van der Waals surface area contributed by atoms with E-state index in [9.17, 15) is 19.9 Å². The number of anilines is 2. The zero-order valence-corrected chi connectivity index (χ0v) is 13.7. The van der Waals surface area contributed by atoms with Crippen LogP contribution in [0.4, 0.5) is 11.5 Å². The van der Waals surface area contributed by atoms with Crippen LogP contribution in [0, 0.1) is 11.8 Å². The van der Waals surface area contributed by atoms with Crippen LogP contribution in [0.3, 0.4) is 0 Å². The minimum absolute atomic E-state index is 0.00605. The number of nitrogens with two attached hydrogens (primary N) is 1. The summed E-state index contributed by atoms with van der Waals surface area (Å²) in [5, 5.41) is 30.6. The van der Waals surface area contributed by atoms with Crippen molar-refractivity contribution in [2.75, 3.05) is 11.1 Å². The maximum Gasteiger partial charge on any atom is 0.490 e. The summed E-state index contributed by atoms with van der Waals surface area (Å²) in [7, 11) is -1.76. The first-order chi connectivity index (χ1) is 11.7. The van der Waals surface area contributed by atoms with E-state index >= 15 is 0 Å². The summed E-state index contributed by atoms with van der Waals surface area (Å²) in [4.78, 5) is 20.2. The highest BCUT2D eigenvalue weighted by molar-refractivity contribution is 6.58. The van der Waals surface area contributed by atoms with Gasteiger partial charge in [0.25, 0.3) is 5.91 Å². The molecule has 9 heteroatoms. The number of hydrogen-bond donors (Lipinski definition) is 5. The van der Waals surface area contributed by atoms with Crippen LogP contribution >= 0.6 is 0 Å². The second-order valence-corrected chi connectivity index (χ2v) is 5.77. The van der Waals surface area contributed by atoms with Crippen LogP contribution in [0.1, 0.15) is 29.9 Å². The topological polar surface area (TPSA) is 142 Å². The molecule has 128 valence electrons. The van der Waals surface area contributed by atoms with Crippen molar-refractivity contribution in [2.24, 2.45) is 0 Å². The van der Waals surface area contributed by atoms with Gasteiger partial charge in [0.1, 0.15) is 17.1 Å². The molecule has 25 heavy (non-hydrogen) atoms.